The van der Waals surface area contributed by atoms with Crippen LogP contribution in [0.1, 0.15) is 46.0 Å². The Morgan fingerprint density at radius 3 is 2.69 bits per heavy atom. The van der Waals surface area contributed by atoms with Crippen LogP contribution in [-0.4, -0.2) is 31.8 Å². The molecule has 0 aromatic heterocycles. The molecule has 0 rings (SSSR count). The molecule has 0 radical (unpaired) electrons. The summed E-state index contributed by atoms with van der Waals surface area (Å²) in [6.45, 7) is 4.95. The van der Waals surface area contributed by atoms with Crippen molar-refractivity contribution in [3.8, 4) is 0 Å². The molecule has 0 heterocycles. The molecule has 4 nitrogen and oxygen atoms in total. The Balaban J connectivity index is 3.39. The summed E-state index contributed by atoms with van der Waals surface area (Å²) in [5, 5.41) is 0. The molecular weight excluding hydrogens is 206 g/mol. The molecule has 96 valence electrons. The van der Waals surface area contributed by atoms with Gasteiger partial charge in [-0.25, -0.2) is 4.79 Å². The molecule has 0 saturated heterocycles. The zero-order chi connectivity index (χ0) is 12.2. The minimum atomic E-state index is -0.295. The van der Waals surface area contributed by atoms with Crippen LogP contribution in [0.5, 0.6) is 0 Å². The number of carbonyl (C=O) groups excluding carboxylic acids is 1. The number of hydrogen-bond donors (Lipinski definition) is 1. The van der Waals surface area contributed by atoms with E-state index in [0.29, 0.717) is 13.2 Å². The number of hydrogen-bond acceptors (Lipinski definition) is 4. The maximum Gasteiger partial charge on any atom is 0.332 e. The average Bonchev–Trinajstić information content (AvgIpc) is 2.25. The second-order valence-corrected chi connectivity index (χ2v) is 3.99. The van der Waals surface area contributed by atoms with Gasteiger partial charge in [-0.3, -0.25) is 0 Å². The van der Waals surface area contributed by atoms with Crippen molar-refractivity contribution in [1.29, 1.82) is 0 Å². The Morgan fingerprint density at radius 2 is 2.06 bits per heavy atom. The molecule has 0 aliphatic carbocycles. The first-order chi connectivity index (χ1) is 7.70. The number of unbranched alkanes of at least 4 members (excludes halogenated alkanes) is 3. The van der Waals surface area contributed by atoms with E-state index in [4.69, 9.17) is 15.2 Å². The highest BCUT2D eigenvalue weighted by atomic mass is 16.6. The first-order valence-corrected chi connectivity index (χ1v) is 6.18. The largest absolute Gasteiger partial charge is 0.461 e. The van der Waals surface area contributed by atoms with Gasteiger partial charge in [-0.2, -0.15) is 0 Å². The molecule has 0 aromatic rings. The second kappa shape index (κ2) is 10.9. The molecule has 4 heteroatoms. The lowest BCUT2D eigenvalue weighted by atomic mass is 10.1. The zero-order valence-electron chi connectivity index (χ0n) is 10.5. The van der Waals surface area contributed by atoms with Crippen LogP contribution in [0.3, 0.4) is 0 Å². The molecular formula is C12H25NO3. The van der Waals surface area contributed by atoms with Crippen molar-refractivity contribution in [3.63, 3.8) is 0 Å². The van der Waals surface area contributed by atoms with Crippen LogP contribution in [0.4, 0.5) is 0 Å². The molecule has 0 aromatic carbocycles. The van der Waals surface area contributed by atoms with E-state index in [2.05, 4.69) is 6.92 Å². The number of rotatable bonds is 10. The summed E-state index contributed by atoms with van der Waals surface area (Å²) < 4.78 is 10.2. The molecule has 0 aliphatic heterocycles. The van der Waals surface area contributed by atoms with Crippen LogP contribution < -0.4 is 5.73 Å². The van der Waals surface area contributed by atoms with Crippen molar-refractivity contribution >= 4 is 5.97 Å². The van der Waals surface area contributed by atoms with Crippen molar-refractivity contribution < 1.29 is 14.3 Å². The molecule has 0 spiro atoms. The zero-order valence-corrected chi connectivity index (χ0v) is 10.5. The van der Waals surface area contributed by atoms with E-state index in [1.165, 1.54) is 19.3 Å². The topological polar surface area (TPSA) is 61.5 Å². The van der Waals surface area contributed by atoms with Crippen LogP contribution in [0.15, 0.2) is 0 Å². The maximum atomic E-state index is 11.2. The Labute approximate surface area is 98.5 Å². The highest BCUT2D eigenvalue weighted by Gasteiger charge is 2.08. The Bertz CT molecular complexity index is 174. The van der Waals surface area contributed by atoms with Gasteiger partial charge in [0.15, 0.2) is 0 Å². The van der Waals surface area contributed by atoms with Gasteiger partial charge in [0.1, 0.15) is 6.61 Å². The fraction of sp³-hybridized carbons (Fsp3) is 0.917. The highest BCUT2D eigenvalue weighted by molar-refractivity contribution is 5.70. The molecule has 2 N–H and O–H groups in total. The van der Waals surface area contributed by atoms with Gasteiger partial charge in [0.05, 0.1) is 12.7 Å². The molecule has 0 aliphatic rings. The summed E-state index contributed by atoms with van der Waals surface area (Å²) in [5.74, 6) is -0.295. The van der Waals surface area contributed by atoms with Gasteiger partial charge < -0.3 is 15.2 Å². The van der Waals surface area contributed by atoms with Crippen molar-refractivity contribution in [1.82, 2.24) is 0 Å². The number of esters is 1. The standard InChI is InChI=1S/C12H25NO3/c1-3-4-5-6-7-11(2)16-12(14)10-15-9-8-13/h11H,3-10,13H2,1-2H3. The predicted octanol–water partition coefficient (Wildman–Crippen LogP) is 1.86. The normalized spacial score (nSPS) is 12.4. The maximum absolute atomic E-state index is 11.2. The summed E-state index contributed by atoms with van der Waals surface area (Å²) in [7, 11) is 0. The third-order valence-electron chi connectivity index (χ3n) is 2.28. The van der Waals surface area contributed by atoms with Crippen molar-refractivity contribution in [2.24, 2.45) is 5.73 Å². The molecule has 0 saturated carbocycles. The number of nitrogens with two attached hydrogens (primary N) is 1. The Kier molecular flexibility index (Phi) is 10.5. The predicted molar refractivity (Wildman–Crippen MR) is 64.2 cm³/mol. The molecule has 16 heavy (non-hydrogen) atoms. The number of ether oxygens (including phenoxy) is 2. The first-order valence-electron chi connectivity index (χ1n) is 6.18. The van der Waals surface area contributed by atoms with E-state index in [0.717, 1.165) is 12.8 Å². The fourth-order valence-electron chi connectivity index (χ4n) is 1.41. The third-order valence-corrected chi connectivity index (χ3v) is 2.28. The fourth-order valence-corrected chi connectivity index (χ4v) is 1.41. The van der Waals surface area contributed by atoms with E-state index in [9.17, 15) is 4.79 Å². The van der Waals surface area contributed by atoms with Crippen molar-refractivity contribution in [2.45, 2.75) is 52.1 Å². The minimum Gasteiger partial charge on any atom is -0.461 e. The molecule has 1 atom stereocenters. The first kappa shape index (κ1) is 15.4. The van der Waals surface area contributed by atoms with Gasteiger partial charge in [-0.15, -0.1) is 0 Å². The van der Waals surface area contributed by atoms with Gasteiger partial charge in [0.2, 0.25) is 0 Å². The number of carbonyl (C=O) groups is 1. The third kappa shape index (κ3) is 9.93. The van der Waals surface area contributed by atoms with Crippen LogP contribution in [0, 0.1) is 0 Å². The monoisotopic (exact) mass is 231 g/mol. The lowest BCUT2D eigenvalue weighted by molar-refractivity contribution is -0.153. The second-order valence-electron chi connectivity index (χ2n) is 3.99. The summed E-state index contributed by atoms with van der Waals surface area (Å²) in [6.07, 6.45) is 5.73. The van der Waals surface area contributed by atoms with Gasteiger partial charge >= 0.3 is 5.97 Å². The summed E-state index contributed by atoms with van der Waals surface area (Å²) in [6, 6.07) is 0. The SMILES string of the molecule is CCCCCCC(C)OC(=O)COCCN. The Hall–Kier alpha value is -0.610. The van der Waals surface area contributed by atoms with Crippen LogP contribution >= 0.6 is 0 Å². The van der Waals surface area contributed by atoms with Crippen LogP contribution in [0.25, 0.3) is 0 Å². The lowest BCUT2D eigenvalue weighted by Gasteiger charge is -2.12. The lowest BCUT2D eigenvalue weighted by Crippen LogP contribution is -2.21. The van der Waals surface area contributed by atoms with E-state index >= 15 is 0 Å². The molecule has 0 bridgehead atoms. The van der Waals surface area contributed by atoms with Gasteiger partial charge in [0, 0.05) is 6.54 Å². The van der Waals surface area contributed by atoms with Gasteiger partial charge in [-0.1, -0.05) is 26.2 Å². The van der Waals surface area contributed by atoms with Crippen LogP contribution in [-0.2, 0) is 14.3 Å². The molecule has 1 unspecified atom stereocenters. The van der Waals surface area contributed by atoms with Crippen molar-refractivity contribution in [3.05, 3.63) is 0 Å². The van der Waals surface area contributed by atoms with E-state index in [-0.39, 0.29) is 18.7 Å². The highest BCUT2D eigenvalue weighted by Crippen LogP contribution is 2.07. The molecule has 0 fully saturated rings. The van der Waals surface area contributed by atoms with E-state index < -0.39 is 0 Å². The average molecular weight is 231 g/mol. The van der Waals surface area contributed by atoms with E-state index in [1.807, 2.05) is 6.92 Å². The van der Waals surface area contributed by atoms with Crippen molar-refractivity contribution in [2.75, 3.05) is 19.8 Å². The summed E-state index contributed by atoms with van der Waals surface area (Å²) in [4.78, 5) is 11.2. The van der Waals surface area contributed by atoms with Gasteiger partial charge in [-0.05, 0) is 19.8 Å². The summed E-state index contributed by atoms with van der Waals surface area (Å²) in [5.41, 5.74) is 5.23. The summed E-state index contributed by atoms with van der Waals surface area (Å²) >= 11 is 0. The van der Waals surface area contributed by atoms with Gasteiger partial charge in [0.25, 0.3) is 0 Å². The minimum absolute atomic E-state index is 0.00849. The van der Waals surface area contributed by atoms with E-state index in [1.54, 1.807) is 0 Å². The van der Waals surface area contributed by atoms with Crippen LogP contribution in [0.2, 0.25) is 0 Å². The Morgan fingerprint density at radius 1 is 1.31 bits per heavy atom. The molecule has 0 amide bonds. The quantitative estimate of drug-likeness (QED) is 0.460. The smallest absolute Gasteiger partial charge is 0.332 e.